The molecule has 0 fully saturated rings. The molecule has 2 aromatic rings. The third-order valence-corrected chi connectivity index (χ3v) is 2.98. The van der Waals surface area contributed by atoms with Crippen molar-refractivity contribution in [2.75, 3.05) is 6.54 Å². The van der Waals surface area contributed by atoms with E-state index in [2.05, 4.69) is 10.3 Å². The molecule has 0 aliphatic carbocycles. The number of carbonyl (C=O) groups is 1. The van der Waals surface area contributed by atoms with Gasteiger partial charge >= 0.3 is 5.97 Å². The van der Waals surface area contributed by atoms with Crippen molar-refractivity contribution >= 4 is 5.97 Å². The summed E-state index contributed by atoms with van der Waals surface area (Å²) in [6, 6.07) is 3.12. The van der Waals surface area contributed by atoms with E-state index < -0.39 is 5.97 Å². The molecule has 2 aromatic heterocycles. The Hall–Kier alpha value is -2.08. The lowest BCUT2D eigenvalue weighted by atomic mass is 10.2. The fourth-order valence-corrected chi connectivity index (χ4v) is 1.84. The molecule has 0 spiro atoms. The van der Waals surface area contributed by atoms with Crippen LogP contribution in [-0.2, 0) is 13.5 Å². The Balaban J connectivity index is 1.85. The summed E-state index contributed by atoms with van der Waals surface area (Å²) in [6.07, 6.45) is 4.48. The molecule has 6 nitrogen and oxygen atoms in total. The Morgan fingerprint density at radius 2 is 2.37 bits per heavy atom. The number of carboxylic acid groups (broad SMARTS) is 1. The van der Waals surface area contributed by atoms with Crippen molar-refractivity contribution in [2.24, 2.45) is 7.05 Å². The quantitative estimate of drug-likeness (QED) is 0.827. The van der Waals surface area contributed by atoms with Crippen LogP contribution >= 0.6 is 0 Å². The standard InChI is InChI=1S/C13H17N3O3/c1-9(10-3-4-11(19-10)13(17)18)14-6-5-12-15-7-8-16(12)2/h3-4,7-9,14H,5-6H2,1-2H3,(H,17,18). The van der Waals surface area contributed by atoms with E-state index in [1.54, 1.807) is 12.3 Å². The first-order valence-corrected chi connectivity index (χ1v) is 6.10. The maximum Gasteiger partial charge on any atom is 0.371 e. The van der Waals surface area contributed by atoms with E-state index in [0.29, 0.717) is 5.76 Å². The summed E-state index contributed by atoms with van der Waals surface area (Å²) in [5.41, 5.74) is 0. The summed E-state index contributed by atoms with van der Waals surface area (Å²) in [4.78, 5) is 15.0. The van der Waals surface area contributed by atoms with Crippen molar-refractivity contribution in [1.82, 2.24) is 14.9 Å². The Labute approximate surface area is 111 Å². The van der Waals surface area contributed by atoms with Gasteiger partial charge in [-0.1, -0.05) is 0 Å². The zero-order valence-corrected chi connectivity index (χ0v) is 11.0. The Morgan fingerprint density at radius 3 is 2.95 bits per heavy atom. The molecule has 2 N–H and O–H groups in total. The summed E-state index contributed by atoms with van der Waals surface area (Å²) in [5.74, 6) is 0.543. The number of nitrogens with zero attached hydrogens (tertiary/aromatic N) is 2. The van der Waals surface area contributed by atoms with Crippen LogP contribution in [0.1, 0.15) is 35.1 Å². The smallest absolute Gasteiger partial charge is 0.371 e. The van der Waals surface area contributed by atoms with Crippen LogP contribution < -0.4 is 5.32 Å². The second-order valence-corrected chi connectivity index (χ2v) is 4.39. The minimum Gasteiger partial charge on any atom is -0.475 e. The Kier molecular flexibility index (Phi) is 4.01. The SMILES string of the molecule is CC(NCCc1nccn1C)c1ccc(C(=O)O)o1. The molecule has 2 rings (SSSR count). The molecule has 0 saturated carbocycles. The van der Waals surface area contributed by atoms with Crippen LogP contribution in [0.3, 0.4) is 0 Å². The van der Waals surface area contributed by atoms with Gasteiger partial charge in [0.1, 0.15) is 11.6 Å². The second kappa shape index (κ2) is 5.71. The van der Waals surface area contributed by atoms with E-state index in [-0.39, 0.29) is 11.8 Å². The molecule has 0 aliphatic rings. The van der Waals surface area contributed by atoms with Gasteiger partial charge < -0.3 is 19.4 Å². The number of nitrogens with one attached hydrogen (secondary N) is 1. The summed E-state index contributed by atoms with van der Waals surface area (Å²) < 4.78 is 7.21. The predicted octanol–water partition coefficient (Wildman–Crippen LogP) is 1.60. The lowest BCUT2D eigenvalue weighted by molar-refractivity contribution is 0.0659. The average molecular weight is 263 g/mol. The van der Waals surface area contributed by atoms with Gasteiger partial charge in [-0.05, 0) is 19.1 Å². The van der Waals surface area contributed by atoms with Gasteiger partial charge in [0.2, 0.25) is 5.76 Å². The highest BCUT2D eigenvalue weighted by molar-refractivity contribution is 5.84. The zero-order chi connectivity index (χ0) is 13.8. The lowest BCUT2D eigenvalue weighted by Crippen LogP contribution is -2.22. The minimum absolute atomic E-state index is 0.0339. The minimum atomic E-state index is -1.05. The first-order chi connectivity index (χ1) is 9.08. The molecule has 102 valence electrons. The highest BCUT2D eigenvalue weighted by atomic mass is 16.4. The van der Waals surface area contributed by atoms with E-state index in [9.17, 15) is 4.79 Å². The number of imidazole rings is 1. The van der Waals surface area contributed by atoms with Gasteiger partial charge in [0.05, 0.1) is 6.04 Å². The van der Waals surface area contributed by atoms with Crippen LogP contribution in [-0.4, -0.2) is 27.2 Å². The number of furan rings is 1. The van der Waals surface area contributed by atoms with Crippen molar-refractivity contribution < 1.29 is 14.3 Å². The molecule has 19 heavy (non-hydrogen) atoms. The monoisotopic (exact) mass is 263 g/mol. The van der Waals surface area contributed by atoms with Gasteiger partial charge in [-0.3, -0.25) is 0 Å². The maximum absolute atomic E-state index is 10.7. The molecule has 1 atom stereocenters. The average Bonchev–Trinajstić information content (AvgIpc) is 2.98. The van der Waals surface area contributed by atoms with Crippen LogP contribution in [0.15, 0.2) is 28.9 Å². The first kappa shape index (κ1) is 13.4. The summed E-state index contributed by atoms with van der Waals surface area (Å²) in [5, 5.41) is 12.1. The summed E-state index contributed by atoms with van der Waals surface area (Å²) >= 11 is 0. The third kappa shape index (κ3) is 3.23. The fraction of sp³-hybridized carbons (Fsp3) is 0.385. The molecule has 0 radical (unpaired) electrons. The van der Waals surface area contributed by atoms with Crippen LogP contribution in [0.2, 0.25) is 0 Å². The topological polar surface area (TPSA) is 80.3 Å². The molecule has 1 unspecified atom stereocenters. The van der Waals surface area contributed by atoms with Crippen molar-refractivity contribution in [1.29, 1.82) is 0 Å². The van der Waals surface area contributed by atoms with Gasteiger partial charge in [0, 0.05) is 32.4 Å². The molecule has 0 aliphatic heterocycles. The number of aromatic carboxylic acids is 1. The molecule has 0 bridgehead atoms. The highest BCUT2D eigenvalue weighted by Gasteiger charge is 2.13. The maximum atomic E-state index is 10.7. The predicted molar refractivity (Wildman–Crippen MR) is 69.0 cm³/mol. The van der Waals surface area contributed by atoms with E-state index in [0.717, 1.165) is 18.8 Å². The normalized spacial score (nSPS) is 12.5. The van der Waals surface area contributed by atoms with Gasteiger partial charge in [0.15, 0.2) is 0 Å². The highest BCUT2D eigenvalue weighted by Crippen LogP contribution is 2.16. The Morgan fingerprint density at radius 1 is 1.58 bits per heavy atom. The number of aryl methyl sites for hydroxylation is 1. The van der Waals surface area contributed by atoms with E-state index in [1.807, 2.05) is 24.7 Å². The molecule has 2 heterocycles. The lowest BCUT2D eigenvalue weighted by Gasteiger charge is -2.11. The van der Waals surface area contributed by atoms with E-state index >= 15 is 0 Å². The summed E-state index contributed by atoms with van der Waals surface area (Å²) in [7, 11) is 1.96. The molecule has 6 heteroatoms. The number of rotatable bonds is 6. The number of aromatic nitrogens is 2. The van der Waals surface area contributed by atoms with E-state index in [4.69, 9.17) is 9.52 Å². The first-order valence-electron chi connectivity index (χ1n) is 6.10. The summed E-state index contributed by atoms with van der Waals surface area (Å²) in [6.45, 7) is 2.68. The van der Waals surface area contributed by atoms with Crippen molar-refractivity contribution in [2.45, 2.75) is 19.4 Å². The third-order valence-electron chi connectivity index (χ3n) is 2.98. The van der Waals surface area contributed by atoms with Crippen LogP contribution in [0.5, 0.6) is 0 Å². The molecule has 0 aromatic carbocycles. The fourth-order valence-electron chi connectivity index (χ4n) is 1.84. The second-order valence-electron chi connectivity index (χ2n) is 4.39. The van der Waals surface area contributed by atoms with Crippen LogP contribution in [0.4, 0.5) is 0 Å². The van der Waals surface area contributed by atoms with Gasteiger partial charge in [-0.2, -0.15) is 0 Å². The Bertz CT molecular complexity index is 559. The van der Waals surface area contributed by atoms with Crippen LogP contribution in [0, 0.1) is 0 Å². The van der Waals surface area contributed by atoms with Crippen LogP contribution in [0.25, 0.3) is 0 Å². The molecular formula is C13H17N3O3. The van der Waals surface area contributed by atoms with Gasteiger partial charge in [0.25, 0.3) is 0 Å². The van der Waals surface area contributed by atoms with Gasteiger partial charge in [-0.15, -0.1) is 0 Å². The number of hydrogen-bond donors (Lipinski definition) is 2. The van der Waals surface area contributed by atoms with Crippen molar-refractivity contribution in [3.05, 3.63) is 41.9 Å². The zero-order valence-electron chi connectivity index (χ0n) is 11.0. The van der Waals surface area contributed by atoms with Gasteiger partial charge in [-0.25, -0.2) is 9.78 Å². The number of carboxylic acids is 1. The molecular weight excluding hydrogens is 246 g/mol. The molecule has 0 saturated heterocycles. The van der Waals surface area contributed by atoms with E-state index in [1.165, 1.54) is 6.07 Å². The van der Waals surface area contributed by atoms with Crippen molar-refractivity contribution in [3.63, 3.8) is 0 Å². The number of hydrogen-bond acceptors (Lipinski definition) is 4. The largest absolute Gasteiger partial charge is 0.475 e. The van der Waals surface area contributed by atoms with Crippen molar-refractivity contribution in [3.8, 4) is 0 Å². The molecule has 0 amide bonds.